The zero-order valence-corrected chi connectivity index (χ0v) is 17.7. The summed E-state index contributed by atoms with van der Waals surface area (Å²) in [6.45, 7) is 0.641. The number of rotatable bonds is 7. The Labute approximate surface area is 189 Å². The minimum atomic E-state index is -0.427. The van der Waals surface area contributed by atoms with Gasteiger partial charge in [0.25, 0.3) is 11.8 Å². The van der Waals surface area contributed by atoms with Crippen molar-refractivity contribution in [3.05, 3.63) is 72.0 Å². The highest BCUT2D eigenvalue weighted by molar-refractivity contribution is 6.04. The Bertz CT molecular complexity index is 1170. The third kappa shape index (κ3) is 5.51. The summed E-state index contributed by atoms with van der Waals surface area (Å²) in [5.41, 5.74) is 1.34. The molecule has 0 bridgehead atoms. The van der Waals surface area contributed by atoms with Gasteiger partial charge >= 0.3 is 0 Å². The fourth-order valence-corrected chi connectivity index (χ4v) is 3.13. The van der Waals surface area contributed by atoms with E-state index in [2.05, 4.69) is 10.6 Å². The average molecular weight is 452 g/mol. The topological polar surface area (TPSA) is 95.1 Å². The molecule has 1 heterocycles. The number of hydrogen-bond acceptors (Lipinski definition) is 6. The van der Waals surface area contributed by atoms with Crippen LogP contribution in [0.2, 0.25) is 0 Å². The van der Waals surface area contributed by atoms with Crippen LogP contribution in [-0.4, -0.2) is 38.7 Å². The zero-order valence-electron chi connectivity index (χ0n) is 17.7. The molecule has 9 heteroatoms. The van der Waals surface area contributed by atoms with Gasteiger partial charge in [-0.25, -0.2) is 4.39 Å². The van der Waals surface area contributed by atoms with E-state index >= 15 is 0 Å². The largest absolute Gasteiger partial charge is 0.493 e. The van der Waals surface area contributed by atoms with Crippen LogP contribution in [0.4, 0.5) is 15.8 Å². The van der Waals surface area contributed by atoms with Gasteiger partial charge in [-0.15, -0.1) is 0 Å². The summed E-state index contributed by atoms with van der Waals surface area (Å²) in [4.78, 5) is 24.8. The molecule has 0 saturated carbocycles. The number of carbonyl (C=O) groups excluding carboxylic acids is 2. The van der Waals surface area contributed by atoms with Crippen LogP contribution in [0.3, 0.4) is 0 Å². The molecule has 3 aromatic rings. The first-order valence-electron chi connectivity index (χ1n) is 10.1. The molecule has 0 aliphatic carbocycles. The van der Waals surface area contributed by atoms with Gasteiger partial charge in [-0.05, 0) is 54.6 Å². The maximum atomic E-state index is 13.0. The monoisotopic (exact) mass is 452 g/mol. The van der Waals surface area contributed by atoms with E-state index in [1.165, 1.54) is 37.4 Å². The molecule has 170 valence electrons. The van der Waals surface area contributed by atoms with E-state index in [0.717, 1.165) is 0 Å². The lowest BCUT2D eigenvalue weighted by atomic mass is 10.1. The van der Waals surface area contributed by atoms with E-state index in [1.54, 1.807) is 30.3 Å². The van der Waals surface area contributed by atoms with Crippen molar-refractivity contribution in [3.63, 3.8) is 0 Å². The Morgan fingerprint density at radius 3 is 2.36 bits per heavy atom. The van der Waals surface area contributed by atoms with Crippen LogP contribution in [0.15, 0.2) is 60.7 Å². The maximum absolute atomic E-state index is 13.0. The first kappa shape index (κ1) is 21.9. The predicted molar refractivity (Wildman–Crippen MR) is 119 cm³/mol. The number of benzene rings is 3. The Balaban J connectivity index is 1.38. The normalized spacial score (nSPS) is 11.9. The maximum Gasteiger partial charge on any atom is 0.262 e. The second kappa shape index (κ2) is 9.90. The van der Waals surface area contributed by atoms with Crippen molar-refractivity contribution in [2.45, 2.75) is 0 Å². The highest BCUT2D eigenvalue weighted by atomic mass is 19.1. The fourth-order valence-electron chi connectivity index (χ4n) is 3.13. The van der Waals surface area contributed by atoms with Crippen molar-refractivity contribution in [1.29, 1.82) is 0 Å². The number of fused-ring (bicyclic) bond motifs is 1. The van der Waals surface area contributed by atoms with Gasteiger partial charge in [-0.2, -0.15) is 0 Å². The summed E-state index contributed by atoms with van der Waals surface area (Å²) in [5, 5.41) is 5.40. The lowest BCUT2D eigenvalue weighted by Crippen LogP contribution is -2.20. The summed E-state index contributed by atoms with van der Waals surface area (Å²) in [5.74, 6) is 0.606. The van der Waals surface area contributed by atoms with Crippen LogP contribution in [0.25, 0.3) is 0 Å². The first-order chi connectivity index (χ1) is 16.0. The Hall–Kier alpha value is -4.27. The van der Waals surface area contributed by atoms with E-state index in [1.807, 2.05) is 0 Å². The number of methoxy groups -OCH3 is 1. The molecule has 1 aliphatic rings. The van der Waals surface area contributed by atoms with E-state index in [9.17, 15) is 14.0 Å². The molecule has 1 aliphatic heterocycles. The number of hydrogen-bond donors (Lipinski definition) is 2. The van der Waals surface area contributed by atoms with Crippen LogP contribution in [-0.2, 0) is 4.79 Å². The van der Waals surface area contributed by atoms with Crippen LogP contribution in [0.1, 0.15) is 10.4 Å². The smallest absolute Gasteiger partial charge is 0.262 e. The molecule has 0 unspecified atom stereocenters. The minimum Gasteiger partial charge on any atom is -0.493 e. The van der Waals surface area contributed by atoms with Crippen molar-refractivity contribution >= 4 is 23.2 Å². The third-order valence-electron chi connectivity index (χ3n) is 4.71. The Morgan fingerprint density at radius 2 is 1.61 bits per heavy atom. The van der Waals surface area contributed by atoms with E-state index in [0.29, 0.717) is 53.2 Å². The average Bonchev–Trinajstić information content (AvgIpc) is 2.84. The summed E-state index contributed by atoms with van der Waals surface area (Å²) in [7, 11) is 1.43. The Kier molecular flexibility index (Phi) is 6.58. The molecule has 0 saturated heterocycles. The van der Waals surface area contributed by atoms with Gasteiger partial charge < -0.3 is 29.6 Å². The quantitative estimate of drug-likeness (QED) is 0.565. The van der Waals surface area contributed by atoms with Gasteiger partial charge in [-0.1, -0.05) is 0 Å². The number of nitrogens with one attached hydrogen (secondary N) is 2. The van der Waals surface area contributed by atoms with Crippen LogP contribution < -0.4 is 29.6 Å². The molecule has 2 amide bonds. The van der Waals surface area contributed by atoms with Crippen molar-refractivity contribution in [2.24, 2.45) is 0 Å². The van der Waals surface area contributed by atoms with Crippen molar-refractivity contribution < 1.29 is 32.9 Å². The first-order valence-corrected chi connectivity index (χ1v) is 10.1. The SMILES string of the molecule is COc1cc(C(=O)Nc2ccc3c(c2)OCCO3)ccc1OCC(=O)Nc1ccc(F)cc1. The molecule has 2 N–H and O–H groups in total. The summed E-state index contributed by atoms with van der Waals surface area (Å²) >= 11 is 0. The van der Waals surface area contributed by atoms with Gasteiger partial charge in [0.05, 0.1) is 7.11 Å². The second-order valence-corrected chi connectivity index (χ2v) is 7.02. The van der Waals surface area contributed by atoms with Gasteiger partial charge in [0.2, 0.25) is 0 Å². The van der Waals surface area contributed by atoms with Gasteiger partial charge in [0, 0.05) is 23.0 Å². The minimum absolute atomic E-state index is 0.291. The van der Waals surface area contributed by atoms with Crippen LogP contribution in [0, 0.1) is 5.82 Å². The standard InChI is InChI=1S/C24H21FN2O6/c1-30-21-12-15(24(29)27-18-7-9-20-22(13-18)32-11-10-31-20)2-8-19(21)33-14-23(28)26-17-5-3-16(25)4-6-17/h2-9,12-13H,10-11,14H2,1H3,(H,26,28)(H,27,29). The molecule has 0 radical (unpaired) electrons. The van der Waals surface area contributed by atoms with Crippen molar-refractivity contribution in [2.75, 3.05) is 37.6 Å². The van der Waals surface area contributed by atoms with Crippen molar-refractivity contribution in [1.82, 2.24) is 0 Å². The number of amides is 2. The highest BCUT2D eigenvalue weighted by Gasteiger charge is 2.16. The summed E-state index contributed by atoms with van der Waals surface area (Å²) in [6.07, 6.45) is 0. The van der Waals surface area contributed by atoms with Crippen LogP contribution in [0.5, 0.6) is 23.0 Å². The van der Waals surface area contributed by atoms with Crippen molar-refractivity contribution in [3.8, 4) is 23.0 Å². The Morgan fingerprint density at radius 1 is 0.879 bits per heavy atom. The van der Waals surface area contributed by atoms with Gasteiger partial charge in [-0.3, -0.25) is 9.59 Å². The molecule has 4 rings (SSSR count). The number of ether oxygens (including phenoxy) is 4. The lowest BCUT2D eigenvalue weighted by molar-refractivity contribution is -0.118. The molecule has 3 aromatic carbocycles. The zero-order chi connectivity index (χ0) is 23.2. The van der Waals surface area contributed by atoms with Gasteiger partial charge in [0.15, 0.2) is 29.6 Å². The predicted octanol–water partition coefficient (Wildman–Crippen LogP) is 3.88. The second-order valence-electron chi connectivity index (χ2n) is 7.02. The fraction of sp³-hybridized carbons (Fsp3) is 0.167. The van der Waals surface area contributed by atoms with E-state index in [4.69, 9.17) is 18.9 Å². The molecular formula is C24H21FN2O6. The van der Waals surface area contributed by atoms with E-state index in [-0.39, 0.29) is 12.5 Å². The molecule has 8 nitrogen and oxygen atoms in total. The van der Waals surface area contributed by atoms with E-state index < -0.39 is 11.7 Å². The lowest BCUT2D eigenvalue weighted by Gasteiger charge is -2.19. The summed E-state index contributed by atoms with van der Waals surface area (Å²) in [6, 6.07) is 15.2. The molecular weight excluding hydrogens is 431 g/mol. The molecule has 0 aromatic heterocycles. The number of halogens is 1. The van der Waals surface area contributed by atoms with Crippen LogP contribution >= 0.6 is 0 Å². The number of carbonyl (C=O) groups is 2. The molecule has 0 atom stereocenters. The summed E-state index contributed by atoms with van der Waals surface area (Å²) < 4.78 is 34.8. The third-order valence-corrected chi connectivity index (χ3v) is 4.71. The molecule has 0 fully saturated rings. The molecule has 33 heavy (non-hydrogen) atoms. The highest BCUT2D eigenvalue weighted by Crippen LogP contribution is 2.33. The van der Waals surface area contributed by atoms with Gasteiger partial charge in [0.1, 0.15) is 19.0 Å². The number of anilines is 2. The molecule has 0 spiro atoms.